The number of piperidine rings is 1. The Labute approximate surface area is 446 Å². The number of hydrogen-bond acceptors (Lipinski definition) is 15. The Balaban J connectivity index is 1.56. The number of nitrogens with zero attached hydrogens (tertiary/aromatic N) is 1. The molecule has 1 amide bonds. The van der Waals surface area contributed by atoms with E-state index >= 15 is 0 Å². The van der Waals surface area contributed by atoms with Crippen LogP contribution in [0.2, 0.25) is 0 Å². The Morgan fingerprint density at radius 3 is 2.07 bits per heavy atom. The van der Waals surface area contributed by atoms with Gasteiger partial charge in [-0.15, -0.1) is 0 Å². The van der Waals surface area contributed by atoms with E-state index in [2.05, 4.69) is 0 Å². The normalized spacial score (nSPS) is 39.2. The molecule has 1 unspecified atom stereocenters. The van der Waals surface area contributed by atoms with Gasteiger partial charge in [0, 0.05) is 71.3 Å². The smallest absolute Gasteiger partial charge is 0.329 e. The van der Waals surface area contributed by atoms with Crippen LogP contribution in [0.1, 0.15) is 164 Å². The molecular formula is C59H89NO15. The maximum atomic E-state index is 14.6. The standard InChI is InChI=1S/C59H89NO15/c1-36-20-14-13-15-21-37(2)48(69-8)34-44-27-25-42(7)59(68,75-44)56(65)57(66)60-29-19-18-22-45(60)58(67)73-49-35-46(61)38(3)31-41(6)54(55(71-10)53(64)40(5)30-36)74-52(63)24-17-12-11-16-23-51(62)72-47-28-26-43(32-39(49)4)33-50(47)70-9/h13-15,20-21,31,36,38-40,42-45,47-50,54-55,68H,11-12,16-19,22-30,32-35H2,1-10H3/b15-13+,20-14+,37-21+,41-31+/t36-,38-,39-,40-,42-,43+,44+,45+,47-,48+,49?,50-,54-,55+,59-/m1/s1. The fourth-order valence-electron chi connectivity index (χ4n) is 11.7. The first kappa shape index (κ1) is 61.5. The van der Waals surface area contributed by atoms with E-state index in [0.717, 1.165) is 5.57 Å². The van der Waals surface area contributed by atoms with Gasteiger partial charge >= 0.3 is 17.9 Å². The van der Waals surface area contributed by atoms with Crippen LogP contribution in [0.5, 0.6) is 0 Å². The molecule has 6 bridgehead atoms. The number of ketones is 3. The van der Waals surface area contributed by atoms with Crippen molar-refractivity contribution in [3.63, 3.8) is 0 Å². The number of fused-ring (bicyclic) bond motifs is 15. The number of Topliss-reactive ketones (excluding diaryl/α,β-unsaturated/α-hetero) is 3. The number of hydrogen-bond donors (Lipinski definition) is 1. The zero-order chi connectivity index (χ0) is 55.0. The molecule has 1 saturated carbocycles. The van der Waals surface area contributed by atoms with Gasteiger partial charge in [0.25, 0.3) is 11.7 Å². The lowest BCUT2D eigenvalue weighted by molar-refractivity contribution is -0.265. The quantitative estimate of drug-likeness (QED) is 0.121. The molecule has 16 nitrogen and oxygen atoms in total. The Bertz CT molecular complexity index is 2100. The second-order valence-electron chi connectivity index (χ2n) is 22.4. The van der Waals surface area contributed by atoms with Crippen LogP contribution in [0, 0.1) is 35.5 Å². The molecular weight excluding hydrogens is 963 g/mol. The minimum Gasteiger partial charge on any atom is -0.460 e. The highest BCUT2D eigenvalue weighted by Gasteiger charge is 2.53. The maximum Gasteiger partial charge on any atom is 0.329 e. The molecule has 420 valence electrons. The maximum absolute atomic E-state index is 14.6. The van der Waals surface area contributed by atoms with Gasteiger partial charge in [0.1, 0.15) is 24.0 Å². The van der Waals surface area contributed by atoms with Crippen LogP contribution in [-0.2, 0) is 66.7 Å². The number of rotatable bonds is 3. The second kappa shape index (κ2) is 29.4. The van der Waals surface area contributed by atoms with Gasteiger partial charge < -0.3 is 43.2 Å². The monoisotopic (exact) mass is 1050 g/mol. The molecule has 2 saturated heterocycles. The third kappa shape index (κ3) is 17.1. The predicted octanol–water partition coefficient (Wildman–Crippen LogP) is 8.64. The number of carbonyl (C=O) groups excluding carboxylic acids is 7. The average Bonchev–Trinajstić information content (AvgIpc) is 3.38. The summed E-state index contributed by atoms with van der Waals surface area (Å²) in [5.74, 6) is -9.18. The summed E-state index contributed by atoms with van der Waals surface area (Å²) in [6.45, 7) is 12.8. The summed E-state index contributed by atoms with van der Waals surface area (Å²) >= 11 is 0. The van der Waals surface area contributed by atoms with Gasteiger partial charge in [-0.3, -0.25) is 28.8 Å². The fraction of sp³-hybridized carbons (Fsp3) is 0.746. The van der Waals surface area contributed by atoms with Gasteiger partial charge in [0.2, 0.25) is 5.79 Å². The lowest BCUT2D eigenvalue weighted by Crippen LogP contribution is -2.61. The third-order valence-corrected chi connectivity index (χ3v) is 16.5. The number of methoxy groups -OCH3 is 3. The van der Waals surface area contributed by atoms with Crippen LogP contribution >= 0.6 is 0 Å². The first-order chi connectivity index (χ1) is 35.7. The average molecular weight is 1050 g/mol. The molecule has 6 rings (SSSR count). The SMILES string of the molecule is CO[C@H]1C[C@@H]2CC[C@@H](C)[C@@](O)(O2)C(=O)C(=O)N2CCCC[C@H]2C(=O)OC2CC(=O)[C@H](C)/C=C(\C)[C@@H](OC(=O)CCCCCCC(=O)O[C@@H]3CC[C@@H](C[C@H]2C)C[C@H]3OC)[C@@H](OC)C(=O)[C@H](C)C[C@H](C)/C=C/C=C/C=C/1C. The van der Waals surface area contributed by atoms with Gasteiger partial charge in [0.05, 0.1) is 18.3 Å². The van der Waals surface area contributed by atoms with E-state index in [0.29, 0.717) is 95.5 Å². The van der Waals surface area contributed by atoms with E-state index < -0.39 is 89.8 Å². The Morgan fingerprint density at radius 1 is 0.680 bits per heavy atom. The van der Waals surface area contributed by atoms with Crippen LogP contribution in [0.4, 0.5) is 0 Å². The number of carbonyl (C=O) groups is 7. The van der Waals surface area contributed by atoms with Gasteiger partial charge in [-0.2, -0.15) is 0 Å². The molecule has 3 fully saturated rings. The fourth-order valence-corrected chi connectivity index (χ4v) is 11.7. The molecule has 5 aliphatic heterocycles. The van der Waals surface area contributed by atoms with Crippen molar-refractivity contribution in [2.45, 2.75) is 219 Å². The summed E-state index contributed by atoms with van der Waals surface area (Å²) in [5, 5.41) is 12.1. The summed E-state index contributed by atoms with van der Waals surface area (Å²) in [4.78, 5) is 100. The summed E-state index contributed by atoms with van der Waals surface area (Å²) < 4.78 is 42.3. The van der Waals surface area contributed by atoms with Crippen molar-refractivity contribution in [2.24, 2.45) is 35.5 Å². The van der Waals surface area contributed by atoms with E-state index in [9.17, 15) is 38.7 Å². The predicted molar refractivity (Wildman–Crippen MR) is 281 cm³/mol. The Morgan fingerprint density at radius 2 is 1.39 bits per heavy atom. The molecule has 0 aromatic heterocycles. The number of aliphatic hydroxyl groups is 1. The molecule has 15 atom stereocenters. The van der Waals surface area contributed by atoms with Crippen molar-refractivity contribution >= 4 is 41.2 Å². The minimum atomic E-state index is -2.45. The van der Waals surface area contributed by atoms with E-state index in [-0.39, 0.29) is 73.6 Å². The number of esters is 3. The van der Waals surface area contributed by atoms with Gasteiger partial charge in [-0.05, 0) is 120 Å². The third-order valence-electron chi connectivity index (χ3n) is 16.5. The molecule has 0 aromatic rings. The zero-order valence-electron chi connectivity index (χ0n) is 46.6. The summed E-state index contributed by atoms with van der Waals surface area (Å²) in [5.41, 5.74) is 1.32. The molecule has 6 aliphatic rings. The number of ether oxygens (including phenoxy) is 7. The van der Waals surface area contributed by atoms with Gasteiger partial charge in [-0.1, -0.05) is 83.9 Å². The highest BCUT2D eigenvalue weighted by Crippen LogP contribution is 2.38. The topological polar surface area (TPSA) is 208 Å². The lowest BCUT2D eigenvalue weighted by Gasteiger charge is -2.42. The zero-order valence-corrected chi connectivity index (χ0v) is 46.6. The van der Waals surface area contributed by atoms with Gasteiger partial charge in [0.15, 0.2) is 18.0 Å². The molecule has 75 heavy (non-hydrogen) atoms. The molecule has 0 radical (unpaired) electrons. The molecule has 5 heterocycles. The van der Waals surface area contributed by atoms with Crippen molar-refractivity contribution in [1.82, 2.24) is 4.90 Å². The highest BCUT2D eigenvalue weighted by molar-refractivity contribution is 6.39. The number of amides is 1. The van der Waals surface area contributed by atoms with Crippen LogP contribution in [-0.4, -0.2) is 134 Å². The van der Waals surface area contributed by atoms with Gasteiger partial charge in [-0.25, -0.2) is 4.79 Å². The van der Waals surface area contributed by atoms with E-state index in [4.69, 9.17) is 33.2 Å². The minimum absolute atomic E-state index is 0.0321. The first-order valence-corrected chi connectivity index (χ1v) is 27.9. The van der Waals surface area contributed by atoms with Crippen LogP contribution in [0.25, 0.3) is 0 Å². The van der Waals surface area contributed by atoms with Crippen molar-refractivity contribution in [2.75, 3.05) is 27.9 Å². The summed E-state index contributed by atoms with van der Waals surface area (Å²) in [6, 6.07) is -1.18. The van der Waals surface area contributed by atoms with Crippen molar-refractivity contribution in [3.8, 4) is 0 Å². The van der Waals surface area contributed by atoms with Crippen molar-refractivity contribution < 1.29 is 71.8 Å². The van der Waals surface area contributed by atoms with E-state index in [1.807, 2.05) is 58.1 Å². The first-order valence-electron chi connectivity index (χ1n) is 27.9. The summed E-state index contributed by atoms with van der Waals surface area (Å²) in [6.07, 6.45) is 13.9. The lowest BCUT2D eigenvalue weighted by atomic mass is 9.78. The Hall–Kier alpha value is -4.35. The van der Waals surface area contributed by atoms with Crippen molar-refractivity contribution in [3.05, 3.63) is 47.6 Å². The van der Waals surface area contributed by atoms with Crippen LogP contribution < -0.4 is 0 Å². The van der Waals surface area contributed by atoms with E-state index in [1.54, 1.807) is 41.1 Å². The molecule has 0 spiro atoms. The molecule has 16 heteroatoms. The van der Waals surface area contributed by atoms with E-state index in [1.165, 1.54) is 12.0 Å². The Kier molecular flexibility index (Phi) is 24.1. The van der Waals surface area contributed by atoms with Crippen LogP contribution in [0.3, 0.4) is 0 Å². The second-order valence-corrected chi connectivity index (χ2v) is 22.4. The molecule has 1 aliphatic carbocycles. The molecule has 1 N–H and O–H groups in total. The largest absolute Gasteiger partial charge is 0.460 e. The highest BCUT2D eigenvalue weighted by atomic mass is 16.6. The van der Waals surface area contributed by atoms with Crippen molar-refractivity contribution in [1.29, 1.82) is 0 Å². The molecule has 0 aromatic carbocycles. The van der Waals surface area contributed by atoms with Crippen LogP contribution in [0.15, 0.2) is 47.6 Å². The number of allylic oxidation sites excluding steroid dienone is 6. The summed E-state index contributed by atoms with van der Waals surface area (Å²) in [7, 11) is 4.58.